The van der Waals surface area contributed by atoms with Gasteiger partial charge in [0.15, 0.2) is 0 Å². The molecule has 1 heterocycles. The number of thiophene rings is 1. The fraction of sp³-hybridized carbons (Fsp3) is 0.750. The highest BCUT2D eigenvalue weighted by molar-refractivity contribution is 7.10. The number of nitrogens with one attached hydrogen (secondary N) is 1. The Bertz CT molecular complexity index is 377. The van der Waals surface area contributed by atoms with Gasteiger partial charge in [0.1, 0.15) is 0 Å². The average molecular weight is 279 g/mol. The Morgan fingerprint density at radius 1 is 1.26 bits per heavy atom. The highest BCUT2D eigenvalue weighted by Crippen LogP contribution is 2.38. The molecular weight excluding hydrogens is 254 g/mol. The van der Waals surface area contributed by atoms with E-state index in [1.807, 2.05) is 11.3 Å². The lowest BCUT2D eigenvalue weighted by molar-refractivity contribution is 0.0426. The summed E-state index contributed by atoms with van der Waals surface area (Å²) in [6.07, 6.45) is 9.75. The van der Waals surface area contributed by atoms with Crippen LogP contribution in [0.3, 0.4) is 0 Å². The highest BCUT2D eigenvalue weighted by Gasteiger charge is 2.33. The molecule has 2 saturated carbocycles. The molecule has 106 valence electrons. The van der Waals surface area contributed by atoms with Crippen molar-refractivity contribution in [1.82, 2.24) is 5.32 Å². The van der Waals surface area contributed by atoms with Gasteiger partial charge in [-0.3, -0.25) is 0 Å². The molecular formula is C16H25NOS. The third-order valence-electron chi connectivity index (χ3n) is 4.91. The normalized spacial score (nSPS) is 24.9. The SMILES string of the molecule is OC1(CNC(c2cccs2)C2CCCC2)CCCC1. The van der Waals surface area contributed by atoms with E-state index >= 15 is 0 Å². The first-order valence-corrected chi connectivity index (χ1v) is 8.64. The molecule has 1 unspecified atom stereocenters. The summed E-state index contributed by atoms with van der Waals surface area (Å²) in [5.74, 6) is 0.767. The van der Waals surface area contributed by atoms with Crippen LogP contribution in [0.5, 0.6) is 0 Å². The maximum Gasteiger partial charge on any atom is 0.0771 e. The lowest BCUT2D eigenvalue weighted by Crippen LogP contribution is -2.41. The van der Waals surface area contributed by atoms with Crippen molar-refractivity contribution in [2.75, 3.05) is 6.54 Å². The Hall–Kier alpha value is -0.380. The maximum absolute atomic E-state index is 10.5. The molecule has 3 rings (SSSR count). The second-order valence-corrected chi connectivity index (χ2v) is 7.33. The number of rotatable bonds is 5. The average Bonchev–Trinajstić information content (AvgIpc) is 3.11. The van der Waals surface area contributed by atoms with Gasteiger partial charge in [0.25, 0.3) is 0 Å². The third kappa shape index (κ3) is 3.21. The van der Waals surface area contributed by atoms with E-state index in [0.29, 0.717) is 6.04 Å². The van der Waals surface area contributed by atoms with E-state index in [0.717, 1.165) is 25.3 Å². The maximum atomic E-state index is 10.5. The van der Waals surface area contributed by atoms with Gasteiger partial charge in [-0.05, 0) is 43.0 Å². The minimum Gasteiger partial charge on any atom is -0.389 e. The molecule has 2 N–H and O–H groups in total. The van der Waals surface area contributed by atoms with Gasteiger partial charge in [0.05, 0.1) is 5.60 Å². The van der Waals surface area contributed by atoms with Gasteiger partial charge in [-0.15, -0.1) is 11.3 Å². The molecule has 2 fully saturated rings. The summed E-state index contributed by atoms with van der Waals surface area (Å²) in [5.41, 5.74) is -0.436. The van der Waals surface area contributed by atoms with Crippen LogP contribution in [0.1, 0.15) is 62.3 Å². The second kappa shape index (κ2) is 5.94. The molecule has 0 amide bonds. The Kier molecular flexibility index (Phi) is 4.25. The minimum absolute atomic E-state index is 0.436. The van der Waals surface area contributed by atoms with Crippen LogP contribution in [0, 0.1) is 5.92 Å². The van der Waals surface area contributed by atoms with E-state index in [1.165, 1.54) is 43.4 Å². The summed E-state index contributed by atoms with van der Waals surface area (Å²) in [6.45, 7) is 0.770. The van der Waals surface area contributed by atoms with Crippen molar-refractivity contribution < 1.29 is 5.11 Å². The first-order chi connectivity index (χ1) is 9.27. The molecule has 0 spiro atoms. The summed E-state index contributed by atoms with van der Waals surface area (Å²) in [5, 5.41) is 16.4. The molecule has 19 heavy (non-hydrogen) atoms. The predicted octanol–water partition coefficient (Wildman–Crippen LogP) is 3.87. The summed E-state index contributed by atoms with van der Waals surface area (Å²) in [6, 6.07) is 4.86. The van der Waals surface area contributed by atoms with Gasteiger partial charge in [-0.1, -0.05) is 31.7 Å². The van der Waals surface area contributed by atoms with E-state index in [4.69, 9.17) is 0 Å². The van der Waals surface area contributed by atoms with E-state index in [1.54, 1.807) is 0 Å². The molecule has 0 bridgehead atoms. The van der Waals surface area contributed by atoms with Gasteiger partial charge >= 0.3 is 0 Å². The third-order valence-corrected chi connectivity index (χ3v) is 5.86. The topological polar surface area (TPSA) is 32.3 Å². The number of hydrogen-bond acceptors (Lipinski definition) is 3. The largest absolute Gasteiger partial charge is 0.389 e. The van der Waals surface area contributed by atoms with Crippen LogP contribution >= 0.6 is 11.3 Å². The van der Waals surface area contributed by atoms with Crippen molar-refractivity contribution in [2.24, 2.45) is 5.92 Å². The fourth-order valence-electron chi connectivity index (χ4n) is 3.77. The Labute approximate surface area is 120 Å². The summed E-state index contributed by atoms with van der Waals surface area (Å²) in [7, 11) is 0. The lowest BCUT2D eigenvalue weighted by Gasteiger charge is -2.29. The molecule has 2 nitrogen and oxygen atoms in total. The van der Waals surface area contributed by atoms with Crippen LogP contribution in [0.15, 0.2) is 17.5 Å². The smallest absolute Gasteiger partial charge is 0.0771 e. The molecule has 1 atom stereocenters. The standard InChI is InChI=1S/C16H25NOS/c18-16(9-3-4-10-16)12-17-15(13-6-1-2-7-13)14-8-5-11-19-14/h5,8,11,13,15,17-18H,1-4,6-7,9-10,12H2. The zero-order valence-corrected chi connectivity index (χ0v) is 12.4. The quantitative estimate of drug-likeness (QED) is 0.857. The van der Waals surface area contributed by atoms with Crippen LogP contribution in [0.2, 0.25) is 0 Å². The van der Waals surface area contributed by atoms with Crippen molar-refractivity contribution in [3.8, 4) is 0 Å². The zero-order chi connectivity index (χ0) is 13.1. The first-order valence-electron chi connectivity index (χ1n) is 7.76. The van der Waals surface area contributed by atoms with Gasteiger partial charge in [0, 0.05) is 17.5 Å². The lowest BCUT2D eigenvalue weighted by atomic mass is 9.95. The van der Waals surface area contributed by atoms with Gasteiger partial charge in [-0.25, -0.2) is 0 Å². The Morgan fingerprint density at radius 3 is 2.63 bits per heavy atom. The van der Waals surface area contributed by atoms with Crippen molar-refractivity contribution in [1.29, 1.82) is 0 Å². The molecule has 2 aliphatic carbocycles. The van der Waals surface area contributed by atoms with Gasteiger partial charge in [0.2, 0.25) is 0 Å². The molecule has 2 aliphatic rings. The number of hydrogen-bond donors (Lipinski definition) is 2. The molecule has 3 heteroatoms. The molecule has 1 aromatic heterocycles. The fourth-order valence-corrected chi connectivity index (χ4v) is 4.66. The van der Waals surface area contributed by atoms with Crippen molar-refractivity contribution in [3.63, 3.8) is 0 Å². The monoisotopic (exact) mass is 279 g/mol. The van der Waals surface area contributed by atoms with Crippen molar-refractivity contribution in [2.45, 2.75) is 63.0 Å². The molecule has 0 aliphatic heterocycles. The van der Waals surface area contributed by atoms with E-state index < -0.39 is 5.60 Å². The summed E-state index contributed by atoms with van der Waals surface area (Å²) >= 11 is 1.86. The Morgan fingerprint density at radius 2 is 2.00 bits per heavy atom. The van der Waals surface area contributed by atoms with Crippen LogP contribution in [-0.2, 0) is 0 Å². The van der Waals surface area contributed by atoms with E-state index in [2.05, 4.69) is 22.8 Å². The molecule has 1 aromatic rings. The molecule has 0 aromatic carbocycles. The van der Waals surface area contributed by atoms with Crippen LogP contribution in [0.4, 0.5) is 0 Å². The highest BCUT2D eigenvalue weighted by atomic mass is 32.1. The molecule has 0 saturated heterocycles. The first kappa shape index (κ1) is 13.6. The zero-order valence-electron chi connectivity index (χ0n) is 11.6. The van der Waals surface area contributed by atoms with E-state index in [9.17, 15) is 5.11 Å². The Balaban J connectivity index is 1.65. The van der Waals surface area contributed by atoms with E-state index in [-0.39, 0.29) is 0 Å². The minimum atomic E-state index is -0.436. The van der Waals surface area contributed by atoms with Crippen LogP contribution in [0.25, 0.3) is 0 Å². The molecule has 0 radical (unpaired) electrons. The second-order valence-electron chi connectivity index (χ2n) is 6.35. The van der Waals surface area contributed by atoms with Gasteiger partial charge < -0.3 is 10.4 Å². The van der Waals surface area contributed by atoms with Crippen LogP contribution in [-0.4, -0.2) is 17.3 Å². The summed E-state index contributed by atoms with van der Waals surface area (Å²) < 4.78 is 0. The van der Waals surface area contributed by atoms with Crippen molar-refractivity contribution >= 4 is 11.3 Å². The predicted molar refractivity (Wildman–Crippen MR) is 80.4 cm³/mol. The summed E-state index contributed by atoms with van der Waals surface area (Å²) in [4.78, 5) is 1.45. The van der Waals surface area contributed by atoms with Crippen LogP contribution < -0.4 is 5.32 Å². The van der Waals surface area contributed by atoms with Gasteiger partial charge in [-0.2, -0.15) is 0 Å². The van der Waals surface area contributed by atoms with Crippen molar-refractivity contribution in [3.05, 3.63) is 22.4 Å². The number of aliphatic hydroxyl groups is 1.